The van der Waals surface area contributed by atoms with Gasteiger partial charge in [-0.05, 0) is 45.6 Å². The first-order chi connectivity index (χ1) is 8.61. The van der Waals surface area contributed by atoms with Crippen LogP contribution in [-0.4, -0.2) is 47.6 Å². The lowest BCUT2D eigenvalue weighted by Crippen LogP contribution is -2.47. The molecule has 2 fully saturated rings. The minimum absolute atomic E-state index is 0.462. The molecule has 18 heavy (non-hydrogen) atoms. The molecule has 2 aliphatic rings. The largest absolute Gasteiger partial charge is 0.314 e. The molecule has 0 aromatic heterocycles. The normalized spacial score (nSPS) is 32.8. The molecule has 0 bridgehead atoms. The van der Waals surface area contributed by atoms with Gasteiger partial charge in [-0.3, -0.25) is 0 Å². The second-order valence-electron chi connectivity index (χ2n) is 6.59. The van der Waals surface area contributed by atoms with E-state index in [4.69, 9.17) is 0 Å². The van der Waals surface area contributed by atoms with Crippen molar-refractivity contribution in [1.82, 2.24) is 10.2 Å². The van der Waals surface area contributed by atoms with Crippen LogP contribution in [-0.2, 0) is 0 Å². The molecule has 0 radical (unpaired) electrons. The molecule has 0 spiro atoms. The smallest absolute Gasteiger partial charge is 0.0231 e. The maximum Gasteiger partial charge on any atom is 0.0231 e. The third-order valence-electron chi connectivity index (χ3n) is 4.31. The van der Waals surface area contributed by atoms with Crippen molar-refractivity contribution in [3.63, 3.8) is 0 Å². The summed E-state index contributed by atoms with van der Waals surface area (Å²) in [7, 11) is 0. The SMILES string of the molecule is CCCNC1CCCC1CN1CCSC(C)(C)C1. The standard InChI is InChI=1S/C15H30N2S/c1-4-8-16-14-7-5-6-13(14)11-17-9-10-18-15(2,3)12-17/h13-14,16H,4-12H2,1-3H3. The number of hydrogen-bond acceptors (Lipinski definition) is 3. The molecule has 0 aromatic carbocycles. The van der Waals surface area contributed by atoms with E-state index in [1.54, 1.807) is 0 Å². The first kappa shape index (κ1) is 14.7. The van der Waals surface area contributed by atoms with E-state index in [2.05, 4.69) is 42.7 Å². The molecule has 1 aliphatic carbocycles. The van der Waals surface area contributed by atoms with E-state index in [1.165, 1.54) is 57.6 Å². The highest BCUT2D eigenvalue weighted by atomic mass is 32.2. The van der Waals surface area contributed by atoms with E-state index in [-0.39, 0.29) is 0 Å². The molecule has 2 nitrogen and oxygen atoms in total. The van der Waals surface area contributed by atoms with Gasteiger partial charge >= 0.3 is 0 Å². The van der Waals surface area contributed by atoms with Gasteiger partial charge in [-0.1, -0.05) is 13.3 Å². The monoisotopic (exact) mass is 270 g/mol. The van der Waals surface area contributed by atoms with Crippen molar-refractivity contribution >= 4 is 11.8 Å². The molecular formula is C15H30N2S. The molecule has 1 saturated carbocycles. The van der Waals surface area contributed by atoms with Gasteiger partial charge in [0.1, 0.15) is 0 Å². The summed E-state index contributed by atoms with van der Waals surface area (Å²) in [6.45, 7) is 12.1. The van der Waals surface area contributed by atoms with Gasteiger partial charge < -0.3 is 10.2 Å². The summed E-state index contributed by atoms with van der Waals surface area (Å²) < 4.78 is 0.462. The van der Waals surface area contributed by atoms with E-state index in [0.29, 0.717) is 4.75 Å². The van der Waals surface area contributed by atoms with Crippen molar-refractivity contribution in [1.29, 1.82) is 0 Å². The second-order valence-corrected chi connectivity index (χ2v) is 8.40. The number of hydrogen-bond donors (Lipinski definition) is 1. The zero-order valence-electron chi connectivity index (χ0n) is 12.4. The average molecular weight is 270 g/mol. The second kappa shape index (κ2) is 6.62. The molecule has 1 N–H and O–H groups in total. The van der Waals surface area contributed by atoms with Crippen molar-refractivity contribution in [3.8, 4) is 0 Å². The van der Waals surface area contributed by atoms with Crippen molar-refractivity contribution in [2.45, 2.75) is 57.2 Å². The third kappa shape index (κ3) is 4.14. The third-order valence-corrected chi connectivity index (χ3v) is 5.61. The van der Waals surface area contributed by atoms with Crippen molar-refractivity contribution in [2.24, 2.45) is 5.92 Å². The Labute approximate surface area is 117 Å². The van der Waals surface area contributed by atoms with Crippen LogP contribution in [0.2, 0.25) is 0 Å². The Bertz CT molecular complexity index is 255. The minimum atomic E-state index is 0.462. The topological polar surface area (TPSA) is 15.3 Å². The van der Waals surface area contributed by atoms with Crippen molar-refractivity contribution in [2.75, 3.05) is 31.9 Å². The van der Waals surface area contributed by atoms with Gasteiger partial charge in [-0.15, -0.1) is 0 Å². The Hall–Kier alpha value is 0.270. The zero-order chi connectivity index (χ0) is 13.0. The van der Waals surface area contributed by atoms with Gasteiger partial charge in [-0.2, -0.15) is 11.8 Å². The Kier molecular flexibility index (Phi) is 5.40. The Morgan fingerprint density at radius 1 is 1.33 bits per heavy atom. The van der Waals surface area contributed by atoms with Crippen molar-refractivity contribution < 1.29 is 0 Å². The summed E-state index contributed by atoms with van der Waals surface area (Å²) in [6.07, 6.45) is 5.52. The highest BCUT2D eigenvalue weighted by Gasteiger charge is 2.32. The predicted octanol–water partition coefficient (Wildman–Crippen LogP) is 2.98. The summed E-state index contributed by atoms with van der Waals surface area (Å²) in [4.78, 5) is 2.72. The number of nitrogens with one attached hydrogen (secondary N) is 1. The summed E-state index contributed by atoms with van der Waals surface area (Å²) in [5, 5.41) is 3.76. The van der Waals surface area contributed by atoms with Gasteiger partial charge in [0.05, 0.1) is 0 Å². The van der Waals surface area contributed by atoms with E-state index < -0.39 is 0 Å². The first-order valence-corrected chi connectivity index (χ1v) is 8.69. The fourth-order valence-corrected chi connectivity index (χ4v) is 4.63. The van der Waals surface area contributed by atoms with Crippen LogP contribution in [0, 0.1) is 5.92 Å². The van der Waals surface area contributed by atoms with Crippen LogP contribution in [0.5, 0.6) is 0 Å². The lowest BCUT2D eigenvalue weighted by molar-refractivity contribution is 0.205. The van der Waals surface area contributed by atoms with Gasteiger partial charge in [-0.25, -0.2) is 0 Å². The van der Waals surface area contributed by atoms with Crippen LogP contribution < -0.4 is 5.32 Å². The highest BCUT2D eigenvalue weighted by Crippen LogP contribution is 2.32. The summed E-state index contributed by atoms with van der Waals surface area (Å²) in [6, 6.07) is 0.794. The number of nitrogens with zero attached hydrogens (tertiary/aromatic N) is 1. The van der Waals surface area contributed by atoms with Gasteiger partial charge in [0.15, 0.2) is 0 Å². The quantitative estimate of drug-likeness (QED) is 0.827. The molecule has 106 valence electrons. The van der Waals surface area contributed by atoms with E-state index in [1.807, 2.05) is 0 Å². The van der Waals surface area contributed by atoms with Gasteiger partial charge in [0.2, 0.25) is 0 Å². The molecular weight excluding hydrogens is 240 g/mol. The molecule has 1 heterocycles. The van der Waals surface area contributed by atoms with E-state index >= 15 is 0 Å². The average Bonchev–Trinajstić information content (AvgIpc) is 2.72. The highest BCUT2D eigenvalue weighted by molar-refractivity contribution is 8.00. The lowest BCUT2D eigenvalue weighted by atomic mass is 10.0. The molecule has 2 rings (SSSR count). The summed E-state index contributed by atoms with van der Waals surface area (Å²) >= 11 is 2.14. The Morgan fingerprint density at radius 3 is 2.89 bits per heavy atom. The van der Waals surface area contributed by atoms with Crippen LogP contribution in [0.4, 0.5) is 0 Å². The van der Waals surface area contributed by atoms with Crippen LogP contribution in [0.3, 0.4) is 0 Å². The van der Waals surface area contributed by atoms with E-state index in [0.717, 1.165) is 12.0 Å². The zero-order valence-corrected chi connectivity index (χ0v) is 13.2. The first-order valence-electron chi connectivity index (χ1n) is 7.70. The number of rotatable bonds is 5. The number of thioether (sulfide) groups is 1. The van der Waals surface area contributed by atoms with Crippen LogP contribution in [0.25, 0.3) is 0 Å². The lowest BCUT2D eigenvalue weighted by Gasteiger charge is -2.39. The fraction of sp³-hybridized carbons (Fsp3) is 1.00. The summed E-state index contributed by atoms with van der Waals surface area (Å²) in [5.41, 5.74) is 0. The van der Waals surface area contributed by atoms with Crippen LogP contribution in [0.1, 0.15) is 46.5 Å². The van der Waals surface area contributed by atoms with Crippen molar-refractivity contribution in [3.05, 3.63) is 0 Å². The molecule has 2 atom stereocenters. The Balaban J connectivity index is 1.80. The molecule has 3 heteroatoms. The van der Waals surface area contributed by atoms with Crippen LogP contribution in [0.15, 0.2) is 0 Å². The molecule has 1 aliphatic heterocycles. The van der Waals surface area contributed by atoms with Crippen LogP contribution >= 0.6 is 11.8 Å². The minimum Gasteiger partial charge on any atom is -0.314 e. The maximum absolute atomic E-state index is 3.76. The molecule has 0 amide bonds. The van der Waals surface area contributed by atoms with Gasteiger partial charge in [0, 0.05) is 36.2 Å². The molecule has 0 aromatic rings. The predicted molar refractivity (Wildman–Crippen MR) is 82.4 cm³/mol. The maximum atomic E-state index is 3.76. The molecule has 1 saturated heterocycles. The molecule has 2 unspecified atom stereocenters. The van der Waals surface area contributed by atoms with Gasteiger partial charge in [0.25, 0.3) is 0 Å². The summed E-state index contributed by atoms with van der Waals surface area (Å²) in [5.74, 6) is 2.21. The fourth-order valence-electron chi connectivity index (χ4n) is 3.46. The Morgan fingerprint density at radius 2 is 2.17 bits per heavy atom. The van der Waals surface area contributed by atoms with E-state index in [9.17, 15) is 0 Å².